The maximum Gasteiger partial charge on any atom is 0.355 e. The summed E-state index contributed by atoms with van der Waals surface area (Å²) in [6.07, 6.45) is 1.56. The van der Waals surface area contributed by atoms with Crippen LogP contribution in [0, 0.1) is 36.9 Å². The molecule has 4 amide bonds. The number of hydrogen-bond donors (Lipinski definition) is 5. The molecule has 2 saturated heterocycles. The zero-order valence-corrected chi connectivity index (χ0v) is 54.4. The topological polar surface area (TPSA) is 276 Å². The Morgan fingerprint density at radius 2 is 1.64 bits per heavy atom. The molecule has 0 spiro atoms. The molecule has 92 heavy (non-hydrogen) atoms. The maximum absolute atomic E-state index is 15.2. The Labute approximate surface area is 544 Å². The highest BCUT2D eigenvalue weighted by Gasteiger charge is 2.44. The van der Waals surface area contributed by atoms with Gasteiger partial charge in [0, 0.05) is 73.8 Å². The molecule has 3 aliphatic rings. The smallest absolute Gasteiger partial charge is 0.355 e. The third kappa shape index (κ3) is 17.1. The van der Waals surface area contributed by atoms with E-state index in [0.717, 1.165) is 61.0 Å². The van der Waals surface area contributed by atoms with Crippen molar-refractivity contribution in [1.29, 1.82) is 0 Å². The molecule has 7 aromatic rings. The molecule has 486 valence electrons. The first-order valence-electron chi connectivity index (χ1n) is 30.6. The van der Waals surface area contributed by atoms with E-state index >= 15 is 4.39 Å². The van der Waals surface area contributed by atoms with Crippen LogP contribution in [0.25, 0.3) is 20.7 Å². The second kappa shape index (κ2) is 31.0. The normalized spacial score (nSPS) is 16.2. The number of aromatic nitrogens is 5. The van der Waals surface area contributed by atoms with Crippen molar-refractivity contribution in [2.45, 2.75) is 91.5 Å². The van der Waals surface area contributed by atoms with E-state index in [0.29, 0.717) is 79.3 Å². The molecule has 27 heteroatoms. The first-order valence-corrected chi connectivity index (χ1v) is 33.1. The Hall–Kier alpha value is -8.07. The molecular weight excluding hydrogens is 1240 g/mol. The number of carbonyl (C=O) groups excluding carboxylic acids is 4. The minimum absolute atomic E-state index is 0.0298. The van der Waals surface area contributed by atoms with Crippen molar-refractivity contribution in [2.24, 2.45) is 5.41 Å². The lowest BCUT2D eigenvalue weighted by atomic mass is 9.85. The van der Waals surface area contributed by atoms with E-state index in [1.165, 1.54) is 39.7 Å². The number of nitrogens with one attached hydrogen (secondary N) is 3. The molecule has 2 fully saturated rings. The lowest BCUT2D eigenvalue weighted by Crippen LogP contribution is -2.58. The van der Waals surface area contributed by atoms with Crippen LogP contribution in [-0.4, -0.2) is 190 Å². The number of benzene rings is 3. The van der Waals surface area contributed by atoms with Crippen LogP contribution in [0.15, 0.2) is 72.2 Å². The summed E-state index contributed by atoms with van der Waals surface area (Å²) in [6.45, 7) is 13.1. The number of hydrogen-bond acceptors (Lipinski definition) is 21. The zero-order valence-electron chi connectivity index (χ0n) is 52.0. The number of para-hydroxylation sites is 1. The number of β-amino-alcohol motifs (C(OH)–C–C–N with tert-alkyl or cyclic N) is 1. The lowest BCUT2D eigenvalue weighted by Gasteiger charge is -2.35. The number of halogens is 1. The van der Waals surface area contributed by atoms with Crippen LogP contribution in [-0.2, 0) is 52.8 Å². The number of carboxylic acids is 1. The van der Waals surface area contributed by atoms with Crippen LogP contribution in [0.2, 0.25) is 0 Å². The van der Waals surface area contributed by atoms with Gasteiger partial charge in [-0.3, -0.25) is 24.1 Å². The summed E-state index contributed by atoms with van der Waals surface area (Å²) in [5, 5.41) is 40.1. The number of aromatic carboxylic acids is 1. The molecule has 0 unspecified atom stereocenters. The number of likely N-dealkylation sites (tertiary alicyclic amines) is 1. The molecular formula is C65H75FN12O11S3. The fourth-order valence-corrected chi connectivity index (χ4v) is 13.8. The summed E-state index contributed by atoms with van der Waals surface area (Å²) in [7, 11) is 0. The zero-order chi connectivity index (χ0) is 64.9. The number of ether oxygens (including phenoxy) is 4. The van der Waals surface area contributed by atoms with Crippen LogP contribution in [0.5, 0.6) is 5.75 Å². The molecule has 0 aliphatic carbocycles. The predicted octanol–water partition coefficient (Wildman–Crippen LogP) is 7.31. The van der Waals surface area contributed by atoms with Gasteiger partial charge in [0.1, 0.15) is 25.3 Å². The van der Waals surface area contributed by atoms with Gasteiger partial charge >= 0.3 is 5.97 Å². The van der Waals surface area contributed by atoms with E-state index in [2.05, 4.69) is 57.8 Å². The first-order chi connectivity index (χ1) is 44.4. The summed E-state index contributed by atoms with van der Waals surface area (Å²) < 4.78 is 38.8. The van der Waals surface area contributed by atoms with Gasteiger partial charge in [-0.15, -0.1) is 32.9 Å². The largest absolute Gasteiger partial charge is 0.491 e. The van der Waals surface area contributed by atoms with Crippen LogP contribution in [0.4, 0.5) is 26.3 Å². The Morgan fingerprint density at radius 3 is 2.37 bits per heavy atom. The molecule has 23 nitrogen and oxygen atoms in total. The van der Waals surface area contributed by atoms with Crippen molar-refractivity contribution in [1.82, 2.24) is 50.5 Å². The number of aryl methyl sites for hydroxylation is 2. The molecule has 10 rings (SSSR count). The van der Waals surface area contributed by atoms with Crippen LogP contribution < -0.4 is 25.6 Å². The van der Waals surface area contributed by atoms with E-state index in [-0.39, 0.29) is 83.1 Å². The maximum atomic E-state index is 15.2. The third-order valence-electron chi connectivity index (χ3n) is 15.9. The number of thiazole rings is 3. The fraction of sp³-hybridized carbons (Fsp3) is 0.446. The number of amides is 4. The average Bonchev–Trinajstić information content (AvgIpc) is 1.42. The van der Waals surface area contributed by atoms with E-state index in [1.54, 1.807) is 27.8 Å². The van der Waals surface area contributed by atoms with Gasteiger partial charge in [-0.05, 0) is 86.4 Å². The molecule has 3 aromatic carbocycles. The Balaban J connectivity index is 0.576. The second-order valence-electron chi connectivity index (χ2n) is 23.6. The summed E-state index contributed by atoms with van der Waals surface area (Å²) >= 11 is 4.39. The Morgan fingerprint density at radius 1 is 0.880 bits per heavy atom. The summed E-state index contributed by atoms with van der Waals surface area (Å²) in [5.41, 5.74) is 7.24. The van der Waals surface area contributed by atoms with Gasteiger partial charge < -0.3 is 59.8 Å². The quantitative estimate of drug-likeness (QED) is 0.0262. The van der Waals surface area contributed by atoms with Gasteiger partial charge in [0.25, 0.3) is 0 Å². The van der Waals surface area contributed by atoms with Crippen molar-refractivity contribution in [3.05, 3.63) is 117 Å². The monoisotopic (exact) mass is 1310 g/mol. The molecule has 3 atom stereocenters. The van der Waals surface area contributed by atoms with Crippen LogP contribution in [0.3, 0.4) is 0 Å². The lowest BCUT2D eigenvalue weighted by molar-refractivity contribution is -0.144. The van der Waals surface area contributed by atoms with E-state index in [9.17, 15) is 34.2 Å². The average molecular weight is 1320 g/mol. The van der Waals surface area contributed by atoms with Crippen molar-refractivity contribution < 1.29 is 57.5 Å². The second-order valence-corrected chi connectivity index (χ2v) is 26.6. The van der Waals surface area contributed by atoms with E-state index in [1.807, 2.05) is 88.0 Å². The molecule has 3 aliphatic heterocycles. The summed E-state index contributed by atoms with van der Waals surface area (Å²) in [5.74, 6) is 4.24. The van der Waals surface area contributed by atoms with Crippen LogP contribution >= 0.6 is 34.0 Å². The standard InChI is InChI=1S/C65H75FN12O11S3/c1-40-46-12-9-23-77(59(46)74-73-58(40)72-63-69-48-13-6-7-14-51(48)91-63)64-71-55(62(84)85)52(92-64)15-10-28-89-50-21-18-42(33-47(50)66)11-8-22-75-24-26-76(27-25-75)54(81)38-88-32-30-86-29-31-87-37-53(80)70-57(65(3,4)5)61(83)78-36-45(79)34-49(78)60(82)67-35-43-16-19-44(20-17-43)56-41(2)68-39-90-56/h6-7,13-14,16-21,33,39,45,49,57,79H,9-10,12,15,22-32,34-38H2,1-5H3,(H,67,82)(H,70,80)(H,84,85)(H,69,72,73)/t45-,49+,57-/m1/s1. The van der Waals surface area contributed by atoms with Gasteiger partial charge in [-0.1, -0.05) is 80.3 Å². The third-order valence-corrected chi connectivity index (χ3v) is 19.0. The SMILES string of the molecule is Cc1ncsc1-c1ccc(CNC(=O)[C@@H]2C[C@@H](O)CN2C(=O)[C@@H](NC(=O)COCCOCCOCC(=O)N2CCN(CC#Cc3ccc(OCCCc4sc(N5CCCc6c5nnc(Nc5nc7ccccc7s5)c6C)nc4C(=O)O)c(F)c3)CC2)C(C)(C)C)cc1. The number of nitrogens with zero attached hydrogens (tertiary/aromatic N) is 9. The van der Waals surface area contributed by atoms with Gasteiger partial charge in [0.15, 0.2) is 39.2 Å². The number of carboxylic acid groups (broad SMARTS) is 1. The summed E-state index contributed by atoms with van der Waals surface area (Å²) in [4.78, 5) is 88.1. The van der Waals surface area contributed by atoms with Crippen molar-refractivity contribution >= 4 is 95.7 Å². The van der Waals surface area contributed by atoms with Crippen molar-refractivity contribution in [3.8, 4) is 28.0 Å². The molecule has 0 radical (unpaired) electrons. The minimum atomic E-state index is -1.13. The van der Waals surface area contributed by atoms with E-state index in [4.69, 9.17) is 18.9 Å². The Kier molecular flexibility index (Phi) is 22.5. The highest BCUT2D eigenvalue weighted by Crippen LogP contribution is 2.40. The highest BCUT2D eigenvalue weighted by molar-refractivity contribution is 7.22. The molecule has 4 aromatic heterocycles. The predicted molar refractivity (Wildman–Crippen MR) is 348 cm³/mol. The molecule has 0 saturated carbocycles. The number of aliphatic hydroxyl groups excluding tert-OH is 1. The molecule has 7 heterocycles. The van der Waals surface area contributed by atoms with Crippen molar-refractivity contribution in [2.75, 3.05) is 102 Å². The van der Waals surface area contributed by atoms with Gasteiger partial charge in [-0.2, -0.15) is 0 Å². The van der Waals surface area contributed by atoms with E-state index < -0.39 is 53.1 Å². The number of fused-ring (bicyclic) bond motifs is 2. The van der Waals surface area contributed by atoms with Crippen molar-refractivity contribution in [3.63, 3.8) is 0 Å². The molecule has 0 bridgehead atoms. The highest BCUT2D eigenvalue weighted by atomic mass is 32.1. The minimum Gasteiger partial charge on any atom is -0.491 e. The molecule has 5 N–H and O–H groups in total. The number of rotatable bonds is 26. The van der Waals surface area contributed by atoms with Gasteiger partial charge in [0.05, 0.1) is 72.0 Å². The number of aliphatic hydroxyl groups is 1. The first kappa shape index (κ1) is 66.8. The van der Waals surface area contributed by atoms with Gasteiger partial charge in [0.2, 0.25) is 23.6 Å². The van der Waals surface area contributed by atoms with Crippen LogP contribution in [0.1, 0.15) is 83.3 Å². The fourth-order valence-electron chi connectivity index (χ4n) is 11.0. The van der Waals surface area contributed by atoms with Gasteiger partial charge in [-0.25, -0.2) is 24.1 Å². The Bertz CT molecular complexity index is 3790. The number of piperazine rings is 1. The summed E-state index contributed by atoms with van der Waals surface area (Å²) in [6, 6.07) is 18.4. The number of carbonyl (C=O) groups is 5. The number of anilines is 4.